The van der Waals surface area contributed by atoms with Gasteiger partial charge in [-0.15, -0.1) is 0 Å². The zero-order chi connectivity index (χ0) is 11.5. The van der Waals surface area contributed by atoms with Crippen molar-refractivity contribution in [2.75, 3.05) is 6.61 Å². The highest BCUT2D eigenvalue weighted by Crippen LogP contribution is 2.32. The molecule has 0 aliphatic heterocycles. The molecule has 0 amide bonds. The van der Waals surface area contributed by atoms with E-state index >= 15 is 0 Å². The SMILES string of the molecule is C=CCOc1cc(C(F)(F)F)cc(Br)n1. The summed E-state index contributed by atoms with van der Waals surface area (Å²) in [5.41, 5.74) is -0.802. The molecule has 0 bridgehead atoms. The van der Waals surface area contributed by atoms with Gasteiger partial charge in [-0.25, -0.2) is 4.98 Å². The van der Waals surface area contributed by atoms with Crippen LogP contribution in [0.2, 0.25) is 0 Å². The fourth-order valence-corrected chi connectivity index (χ4v) is 1.28. The first-order valence-electron chi connectivity index (χ1n) is 3.92. The van der Waals surface area contributed by atoms with E-state index in [0.717, 1.165) is 12.1 Å². The molecule has 0 aliphatic carbocycles. The summed E-state index contributed by atoms with van der Waals surface area (Å²) in [4.78, 5) is 3.73. The first-order valence-corrected chi connectivity index (χ1v) is 4.71. The van der Waals surface area contributed by atoms with Crippen LogP contribution in [0.15, 0.2) is 29.4 Å². The molecule has 1 aromatic heterocycles. The second kappa shape index (κ2) is 4.65. The van der Waals surface area contributed by atoms with Crippen LogP contribution in [0.1, 0.15) is 5.56 Å². The van der Waals surface area contributed by atoms with Gasteiger partial charge in [0.2, 0.25) is 5.88 Å². The largest absolute Gasteiger partial charge is 0.473 e. The smallest absolute Gasteiger partial charge is 0.416 e. The maximum Gasteiger partial charge on any atom is 0.416 e. The van der Waals surface area contributed by atoms with Crippen LogP contribution in [-0.4, -0.2) is 11.6 Å². The molecule has 0 saturated carbocycles. The van der Waals surface area contributed by atoms with Gasteiger partial charge in [-0.3, -0.25) is 0 Å². The maximum atomic E-state index is 12.3. The van der Waals surface area contributed by atoms with Crippen molar-refractivity contribution in [2.24, 2.45) is 0 Å². The van der Waals surface area contributed by atoms with E-state index in [1.54, 1.807) is 0 Å². The fraction of sp³-hybridized carbons (Fsp3) is 0.222. The molecule has 0 atom stereocenters. The Morgan fingerprint density at radius 2 is 2.13 bits per heavy atom. The number of pyridine rings is 1. The Hall–Kier alpha value is -1.04. The Balaban J connectivity index is 3.00. The van der Waals surface area contributed by atoms with Gasteiger partial charge >= 0.3 is 6.18 Å². The first kappa shape index (κ1) is 12.0. The highest BCUT2D eigenvalue weighted by molar-refractivity contribution is 9.10. The topological polar surface area (TPSA) is 22.1 Å². The average Bonchev–Trinajstić information content (AvgIpc) is 2.12. The van der Waals surface area contributed by atoms with Crippen LogP contribution in [0.25, 0.3) is 0 Å². The van der Waals surface area contributed by atoms with Crippen molar-refractivity contribution in [3.8, 4) is 5.88 Å². The lowest BCUT2D eigenvalue weighted by atomic mass is 10.2. The number of aromatic nitrogens is 1. The Labute approximate surface area is 92.9 Å². The summed E-state index contributed by atoms with van der Waals surface area (Å²) in [6, 6.07) is 1.73. The minimum absolute atomic E-state index is 0.0800. The Bertz CT molecular complexity index is 365. The summed E-state index contributed by atoms with van der Waals surface area (Å²) in [7, 11) is 0. The van der Waals surface area contributed by atoms with Crippen molar-refractivity contribution in [2.45, 2.75) is 6.18 Å². The monoisotopic (exact) mass is 281 g/mol. The second-order valence-electron chi connectivity index (χ2n) is 2.61. The molecule has 6 heteroatoms. The third kappa shape index (κ3) is 3.54. The van der Waals surface area contributed by atoms with Gasteiger partial charge in [0.25, 0.3) is 0 Å². The van der Waals surface area contributed by atoms with Gasteiger partial charge in [0.1, 0.15) is 11.2 Å². The number of rotatable bonds is 3. The van der Waals surface area contributed by atoms with Gasteiger partial charge in [-0.2, -0.15) is 13.2 Å². The van der Waals surface area contributed by atoms with E-state index in [0.29, 0.717) is 0 Å². The Morgan fingerprint density at radius 1 is 1.47 bits per heavy atom. The molecular weight excluding hydrogens is 275 g/mol. The normalized spacial score (nSPS) is 11.2. The predicted octanol–water partition coefficient (Wildman–Crippen LogP) is 3.43. The number of alkyl halides is 3. The minimum atomic E-state index is -4.41. The lowest BCUT2D eigenvalue weighted by Gasteiger charge is -2.09. The van der Waals surface area contributed by atoms with Crippen molar-refractivity contribution in [3.63, 3.8) is 0 Å². The van der Waals surface area contributed by atoms with E-state index in [4.69, 9.17) is 4.74 Å². The van der Waals surface area contributed by atoms with E-state index in [1.807, 2.05) is 0 Å². The van der Waals surface area contributed by atoms with Crippen LogP contribution in [-0.2, 0) is 6.18 Å². The third-order valence-electron chi connectivity index (χ3n) is 1.45. The van der Waals surface area contributed by atoms with Gasteiger partial charge in [0.05, 0.1) is 5.56 Å². The fourth-order valence-electron chi connectivity index (χ4n) is 0.855. The van der Waals surface area contributed by atoms with Gasteiger partial charge in [-0.05, 0) is 22.0 Å². The number of halogens is 4. The molecule has 0 aliphatic rings. The second-order valence-corrected chi connectivity index (χ2v) is 3.43. The summed E-state index contributed by atoms with van der Waals surface area (Å²) >= 11 is 2.88. The van der Waals surface area contributed by atoms with Crippen molar-refractivity contribution in [1.29, 1.82) is 0 Å². The zero-order valence-electron chi connectivity index (χ0n) is 7.51. The lowest BCUT2D eigenvalue weighted by Crippen LogP contribution is -2.06. The van der Waals surface area contributed by atoms with E-state index in [2.05, 4.69) is 27.5 Å². The molecule has 0 spiro atoms. The summed E-state index contributed by atoms with van der Waals surface area (Å²) in [5, 5.41) is 0. The van der Waals surface area contributed by atoms with Crippen molar-refractivity contribution in [3.05, 3.63) is 35.0 Å². The van der Waals surface area contributed by atoms with Gasteiger partial charge < -0.3 is 4.74 Å². The maximum absolute atomic E-state index is 12.3. The van der Waals surface area contributed by atoms with Crippen LogP contribution in [0.3, 0.4) is 0 Å². The molecule has 0 fully saturated rings. The van der Waals surface area contributed by atoms with Crippen LogP contribution in [0, 0.1) is 0 Å². The van der Waals surface area contributed by atoms with Gasteiger partial charge in [0.15, 0.2) is 0 Å². The van der Waals surface area contributed by atoms with Crippen molar-refractivity contribution >= 4 is 15.9 Å². The van der Waals surface area contributed by atoms with E-state index in [-0.39, 0.29) is 17.1 Å². The molecule has 0 aromatic carbocycles. The number of ether oxygens (including phenoxy) is 1. The van der Waals surface area contributed by atoms with Crippen molar-refractivity contribution in [1.82, 2.24) is 4.98 Å². The molecule has 1 aromatic rings. The number of hydrogen-bond donors (Lipinski definition) is 0. The molecule has 0 radical (unpaired) electrons. The molecule has 1 heterocycles. The van der Waals surface area contributed by atoms with Gasteiger partial charge in [-0.1, -0.05) is 12.7 Å². The summed E-state index contributed by atoms with van der Waals surface area (Å²) in [6.45, 7) is 3.49. The van der Waals surface area contributed by atoms with E-state index in [9.17, 15) is 13.2 Å². The summed E-state index contributed by atoms with van der Waals surface area (Å²) in [6.07, 6.45) is -2.98. The standard InChI is InChI=1S/C9H7BrF3NO/c1-2-3-15-8-5-6(9(11,12)13)4-7(10)14-8/h2,4-5H,1,3H2. The quantitative estimate of drug-likeness (QED) is 0.626. The van der Waals surface area contributed by atoms with E-state index in [1.165, 1.54) is 6.08 Å². The van der Waals surface area contributed by atoms with Crippen LogP contribution in [0.5, 0.6) is 5.88 Å². The molecule has 82 valence electrons. The molecule has 0 N–H and O–H groups in total. The molecule has 0 saturated heterocycles. The predicted molar refractivity (Wildman–Crippen MR) is 52.6 cm³/mol. The average molecular weight is 282 g/mol. The van der Waals surface area contributed by atoms with Crippen LogP contribution < -0.4 is 4.74 Å². The first-order chi connectivity index (χ1) is 6.93. The third-order valence-corrected chi connectivity index (χ3v) is 1.85. The Morgan fingerprint density at radius 3 is 2.67 bits per heavy atom. The highest BCUT2D eigenvalue weighted by atomic mass is 79.9. The molecular formula is C9H7BrF3NO. The minimum Gasteiger partial charge on any atom is -0.473 e. The molecule has 1 rings (SSSR count). The van der Waals surface area contributed by atoms with Gasteiger partial charge in [0, 0.05) is 6.07 Å². The molecule has 2 nitrogen and oxygen atoms in total. The zero-order valence-corrected chi connectivity index (χ0v) is 9.10. The molecule has 15 heavy (non-hydrogen) atoms. The summed E-state index contributed by atoms with van der Waals surface area (Å²) < 4.78 is 42.0. The Kier molecular flexibility index (Phi) is 3.73. The van der Waals surface area contributed by atoms with Crippen molar-refractivity contribution < 1.29 is 17.9 Å². The van der Waals surface area contributed by atoms with E-state index < -0.39 is 11.7 Å². The number of hydrogen-bond acceptors (Lipinski definition) is 2. The molecule has 0 unspecified atom stereocenters. The number of nitrogens with zero attached hydrogens (tertiary/aromatic N) is 1. The lowest BCUT2D eigenvalue weighted by molar-refractivity contribution is -0.137. The summed E-state index contributed by atoms with van der Waals surface area (Å²) in [5.74, 6) is -0.0865. The van der Waals surface area contributed by atoms with Crippen LogP contribution in [0.4, 0.5) is 13.2 Å². The van der Waals surface area contributed by atoms with Crippen LogP contribution >= 0.6 is 15.9 Å². The highest BCUT2D eigenvalue weighted by Gasteiger charge is 2.31.